The zero-order valence-corrected chi connectivity index (χ0v) is 14.6. The third-order valence-corrected chi connectivity index (χ3v) is 5.25. The maximum absolute atomic E-state index is 6.19. The Morgan fingerprint density at radius 1 is 1.09 bits per heavy atom. The third-order valence-electron chi connectivity index (χ3n) is 5.25. The molecule has 1 unspecified atom stereocenters. The Morgan fingerprint density at radius 3 is 2.35 bits per heavy atom. The smallest absolute Gasteiger partial charge is 0.119 e. The van der Waals surface area contributed by atoms with Crippen LogP contribution < -0.4 is 4.74 Å². The molecule has 1 radical (unpaired) electrons. The average Bonchev–Trinajstić information content (AvgIpc) is 2.57. The van der Waals surface area contributed by atoms with E-state index in [-0.39, 0.29) is 0 Å². The van der Waals surface area contributed by atoms with Gasteiger partial charge < -0.3 is 9.64 Å². The summed E-state index contributed by atoms with van der Waals surface area (Å²) in [6.07, 6.45) is 8.48. The quantitative estimate of drug-likeness (QED) is 0.779. The van der Waals surface area contributed by atoms with Crippen molar-refractivity contribution >= 4 is 5.57 Å². The summed E-state index contributed by atoms with van der Waals surface area (Å²) >= 11 is 0. The van der Waals surface area contributed by atoms with Gasteiger partial charge in [-0.2, -0.15) is 0 Å². The first-order chi connectivity index (χ1) is 11.1. The summed E-state index contributed by atoms with van der Waals surface area (Å²) in [5.74, 6) is 1.61. The van der Waals surface area contributed by atoms with Crippen LogP contribution in [0.2, 0.25) is 0 Å². The van der Waals surface area contributed by atoms with Gasteiger partial charge in [-0.25, -0.2) is 0 Å². The summed E-state index contributed by atoms with van der Waals surface area (Å²) in [6.45, 7) is 11.0. The Kier molecular flexibility index (Phi) is 5.42. The molecule has 1 heterocycles. The molecule has 1 aliphatic heterocycles. The van der Waals surface area contributed by atoms with Crippen LogP contribution in [0, 0.1) is 12.8 Å². The van der Waals surface area contributed by atoms with Gasteiger partial charge in [-0.3, -0.25) is 0 Å². The Morgan fingerprint density at radius 2 is 1.78 bits per heavy atom. The predicted molar refractivity (Wildman–Crippen MR) is 97.5 cm³/mol. The zero-order chi connectivity index (χ0) is 16.2. The van der Waals surface area contributed by atoms with Crippen LogP contribution in [0.5, 0.6) is 5.75 Å². The van der Waals surface area contributed by atoms with Gasteiger partial charge in [0.2, 0.25) is 0 Å². The molecule has 0 bridgehead atoms. The molecule has 2 heteroatoms. The van der Waals surface area contributed by atoms with Gasteiger partial charge in [0, 0.05) is 19.1 Å². The van der Waals surface area contributed by atoms with E-state index in [4.69, 9.17) is 4.74 Å². The highest BCUT2D eigenvalue weighted by atomic mass is 16.5. The molecule has 2 nitrogen and oxygen atoms in total. The molecular formula is C21H30NO. The number of nitrogens with zero attached hydrogens (tertiary/aromatic N) is 1. The Balaban J connectivity index is 1.54. The summed E-state index contributed by atoms with van der Waals surface area (Å²) in [5, 5.41) is 0. The highest BCUT2D eigenvalue weighted by Gasteiger charge is 2.22. The largest absolute Gasteiger partial charge is 0.490 e. The minimum Gasteiger partial charge on any atom is -0.490 e. The van der Waals surface area contributed by atoms with E-state index in [1.54, 1.807) is 0 Å². The summed E-state index contributed by atoms with van der Waals surface area (Å²) in [4.78, 5) is 2.54. The second kappa shape index (κ2) is 7.53. The SMILES string of the molecule is [CH2]C1CC=C(c2ccc(OC3CCN(C(C)C)CC3)cc2)CC1. The van der Waals surface area contributed by atoms with Crippen LogP contribution in [0.4, 0.5) is 0 Å². The number of likely N-dealkylation sites (tertiary alicyclic amines) is 1. The highest BCUT2D eigenvalue weighted by molar-refractivity contribution is 5.66. The Hall–Kier alpha value is -1.28. The molecule has 23 heavy (non-hydrogen) atoms. The lowest BCUT2D eigenvalue weighted by atomic mass is 9.88. The Bertz CT molecular complexity index is 523. The van der Waals surface area contributed by atoms with Crippen molar-refractivity contribution in [3.8, 4) is 5.75 Å². The van der Waals surface area contributed by atoms with E-state index in [1.165, 1.54) is 17.6 Å². The van der Waals surface area contributed by atoms with Crippen molar-refractivity contribution < 1.29 is 4.74 Å². The molecule has 0 saturated carbocycles. The van der Waals surface area contributed by atoms with Crippen LogP contribution in [0.15, 0.2) is 30.3 Å². The van der Waals surface area contributed by atoms with E-state index in [2.05, 4.69) is 56.0 Å². The minimum absolute atomic E-state index is 0.372. The molecular weight excluding hydrogens is 282 g/mol. The molecule has 1 aromatic rings. The van der Waals surface area contributed by atoms with Crippen LogP contribution in [0.25, 0.3) is 5.57 Å². The lowest BCUT2D eigenvalue weighted by Crippen LogP contribution is -2.41. The first kappa shape index (κ1) is 16.6. The minimum atomic E-state index is 0.372. The van der Waals surface area contributed by atoms with E-state index in [9.17, 15) is 0 Å². The number of ether oxygens (including phenoxy) is 1. The molecule has 2 aliphatic rings. The topological polar surface area (TPSA) is 12.5 Å². The molecule has 1 aromatic carbocycles. The van der Waals surface area contributed by atoms with Gasteiger partial charge in [0.1, 0.15) is 11.9 Å². The van der Waals surface area contributed by atoms with Crippen molar-refractivity contribution in [2.75, 3.05) is 13.1 Å². The fourth-order valence-corrected chi connectivity index (χ4v) is 3.60. The van der Waals surface area contributed by atoms with E-state index in [0.29, 0.717) is 18.1 Å². The number of hydrogen-bond donors (Lipinski definition) is 0. The molecule has 3 rings (SSSR count). The van der Waals surface area contributed by atoms with Gasteiger partial charge in [-0.15, -0.1) is 0 Å². The molecule has 1 atom stereocenters. The van der Waals surface area contributed by atoms with Crippen molar-refractivity contribution in [3.63, 3.8) is 0 Å². The highest BCUT2D eigenvalue weighted by Crippen LogP contribution is 2.31. The molecule has 125 valence electrons. The molecule has 1 fully saturated rings. The van der Waals surface area contributed by atoms with Gasteiger partial charge in [-0.05, 0) is 82.1 Å². The second-order valence-corrected chi connectivity index (χ2v) is 7.34. The summed E-state index contributed by atoms with van der Waals surface area (Å²) in [7, 11) is 0. The maximum Gasteiger partial charge on any atom is 0.119 e. The fraction of sp³-hybridized carbons (Fsp3) is 0.571. The van der Waals surface area contributed by atoms with Crippen molar-refractivity contribution in [2.24, 2.45) is 5.92 Å². The van der Waals surface area contributed by atoms with Crippen molar-refractivity contribution in [3.05, 3.63) is 42.8 Å². The zero-order valence-electron chi connectivity index (χ0n) is 14.6. The van der Waals surface area contributed by atoms with Gasteiger partial charge >= 0.3 is 0 Å². The molecule has 0 spiro atoms. The normalized spacial score (nSPS) is 23.8. The van der Waals surface area contributed by atoms with Gasteiger partial charge in [0.05, 0.1) is 0 Å². The number of allylic oxidation sites excluding steroid dienone is 2. The van der Waals surface area contributed by atoms with Crippen LogP contribution >= 0.6 is 0 Å². The lowest BCUT2D eigenvalue weighted by Gasteiger charge is -2.34. The summed E-state index contributed by atoms with van der Waals surface area (Å²) in [6, 6.07) is 9.36. The average molecular weight is 312 g/mol. The first-order valence-electron chi connectivity index (χ1n) is 9.15. The van der Waals surface area contributed by atoms with Crippen molar-refractivity contribution in [1.82, 2.24) is 4.90 Å². The number of piperidine rings is 1. The first-order valence-corrected chi connectivity index (χ1v) is 9.15. The number of benzene rings is 1. The number of hydrogen-bond acceptors (Lipinski definition) is 2. The Labute approximate surface area is 141 Å². The van der Waals surface area contributed by atoms with E-state index < -0.39 is 0 Å². The predicted octanol–water partition coefficient (Wildman–Crippen LogP) is 4.96. The molecule has 0 aromatic heterocycles. The van der Waals surface area contributed by atoms with Crippen molar-refractivity contribution in [2.45, 2.75) is 58.1 Å². The monoisotopic (exact) mass is 312 g/mol. The van der Waals surface area contributed by atoms with Gasteiger partial charge in [-0.1, -0.05) is 18.2 Å². The maximum atomic E-state index is 6.19. The van der Waals surface area contributed by atoms with Crippen molar-refractivity contribution in [1.29, 1.82) is 0 Å². The molecule has 0 amide bonds. The van der Waals surface area contributed by atoms with Crippen LogP contribution in [-0.2, 0) is 0 Å². The second-order valence-electron chi connectivity index (χ2n) is 7.34. The summed E-state index contributed by atoms with van der Waals surface area (Å²) < 4.78 is 6.19. The standard InChI is InChI=1S/C21H30NO/c1-16(2)22-14-12-21(13-15-22)23-20-10-8-19(9-11-20)18-6-4-17(3)5-7-18/h6,8-11,16-17,21H,3-5,7,12-15H2,1-2H3. The van der Waals surface area contributed by atoms with E-state index >= 15 is 0 Å². The molecule has 1 aliphatic carbocycles. The van der Waals surface area contributed by atoms with Crippen LogP contribution in [-0.4, -0.2) is 30.1 Å². The van der Waals surface area contributed by atoms with Crippen LogP contribution in [0.1, 0.15) is 51.5 Å². The van der Waals surface area contributed by atoms with E-state index in [1.807, 2.05) is 0 Å². The van der Waals surface area contributed by atoms with Gasteiger partial charge in [0.25, 0.3) is 0 Å². The molecule has 0 N–H and O–H groups in total. The van der Waals surface area contributed by atoms with Gasteiger partial charge in [0.15, 0.2) is 0 Å². The lowest BCUT2D eigenvalue weighted by molar-refractivity contribution is 0.0843. The fourth-order valence-electron chi connectivity index (χ4n) is 3.60. The van der Waals surface area contributed by atoms with Crippen LogP contribution in [0.3, 0.4) is 0 Å². The third kappa shape index (κ3) is 4.38. The molecule has 1 saturated heterocycles. The van der Waals surface area contributed by atoms with E-state index in [0.717, 1.165) is 44.5 Å². The number of rotatable bonds is 4. The summed E-state index contributed by atoms with van der Waals surface area (Å²) in [5.41, 5.74) is 2.82.